The predicted molar refractivity (Wildman–Crippen MR) is 68.6 cm³/mol. The van der Waals surface area contributed by atoms with E-state index >= 15 is 0 Å². The number of alkyl halides is 1. The minimum atomic E-state index is 0.664. The maximum atomic E-state index is 5.90. The van der Waals surface area contributed by atoms with Crippen LogP contribution in [0, 0.1) is 5.92 Å². The van der Waals surface area contributed by atoms with Gasteiger partial charge in [-0.1, -0.05) is 0 Å². The summed E-state index contributed by atoms with van der Waals surface area (Å²) in [6.07, 6.45) is 7.81. The van der Waals surface area contributed by atoms with Crippen LogP contribution in [0.4, 0.5) is 5.82 Å². The zero-order valence-electron chi connectivity index (χ0n) is 9.59. The van der Waals surface area contributed by atoms with Crippen LogP contribution in [0.25, 0.3) is 5.52 Å². The van der Waals surface area contributed by atoms with Crippen molar-refractivity contribution >= 4 is 22.9 Å². The van der Waals surface area contributed by atoms with Gasteiger partial charge in [0.25, 0.3) is 0 Å². The third-order valence-corrected chi connectivity index (χ3v) is 3.87. The Bertz CT molecular complexity index is 502. The maximum absolute atomic E-state index is 5.90. The second kappa shape index (κ2) is 4.53. The monoisotopic (exact) mass is 250 g/mol. The molecule has 4 nitrogen and oxygen atoms in total. The molecule has 2 aromatic heterocycles. The molecule has 0 bridgehead atoms. The van der Waals surface area contributed by atoms with Crippen molar-refractivity contribution in [1.82, 2.24) is 14.6 Å². The van der Waals surface area contributed by atoms with Gasteiger partial charge >= 0.3 is 0 Å². The van der Waals surface area contributed by atoms with E-state index in [-0.39, 0.29) is 0 Å². The molecule has 0 radical (unpaired) electrons. The SMILES string of the molecule is ClCC1CCN(c2nccn3nccc23)CC1. The first-order valence-electron chi connectivity index (χ1n) is 5.98. The molecule has 2 aromatic rings. The Hall–Kier alpha value is -1.29. The largest absolute Gasteiger partial charge is 0.355 e. The van der Waals surface area contributed by atoms with Crippen molar-refractivity contribution in [2.24, 2.45) is 5.92 Å². The first-order chi connectivity index (χ1) is 8.38. The average Bonchev–Trinajstić information content (AvgIpc) is 2.87. The quantitative estimate of drug-likeness (QED) is 0.766. The molecule has 1 fully saturated rings. The van der Waals surface area contributed by atoms with Crippen molar-refractivity contribution in [2.45, 2.75) is 12.8 Å². The summed E-state index contributed by atoms with van der Waals surface area (Å²) in [5, 5.41) is 4.23. The molecule has 17 heavy (non-hydrogen) atoms. The summed E-state index contributed by atoms with van der Waals surface area (Å²) >= 11 is 5.90. The molecule has 0 atom stereocenters. The second-order valence-corrected chi connectivity index (χ2v) is 4.81. The second-order valence-electron chi connectivity index (χ2n) is 4.50. The molecule has 90 valence electrons. The van der Waals surface area contributed by atoms with E-state index in [9.17, 15) is 0 Å². The van der Waals surface area contributed by atoms with Crippen molar-refractivity contribution < 1.29 is 0 Å². The van der Waals surface area contributed by atoms with Gasteiger partial charge in [-0.2, -0.15) is 5.10 Å². The highest BCUT2D eigenvalue weighted by molar-refractivity contribution is 6.18. The van der Waals surface area contributed by atoms with E-state index < -0.39 is 0 Å². The van der Waals surface area contributed by atoms with Crippen LogP contribution in [-0.4, -0.2) is 33.6 Å². The lowest BCUT2D eigenvalue weighted by molar-refractivity contribution is 0.441. The maximum Gasteiger partial charge on any atom is 0.154 e. The van der Waals surface area contributed by atoms with Crippen LogP contribution in [0.5, 0.6) is 0 Å². The van der Waals surface area contributed by atoms with Gasteiger partial charge in [-0.15, -0.1) is 11.6 Å². The fraction of sp³-hybridized carbons (Fsp3) is 0.500. The Morgan fingerprint density at radius 2 is 2.12 bits per heavy atom. The molecule has 0 aliphatic carbocycles. The van der Waals surface area contributed by atoms with Crippen molar-refractivity contribution in [3.63, 3.8) is 0 Å². The highest BCUT2D eigenvalue weighted by atomic mass is 35.5. The normalized spacial score (nSPS) is 17.8. The van der Waals surface area contributed by atoms with Crippen molar-refractivity contribution in [3.05, 3.63) is 24.7 Å². The van der Waals surface area contributed by atoms with Gasteiger partial charge in [0.2, 0.25) is 0 Å². The van der Waals surface area contributed by atoms with Gasteiger partial charge < -0.3 is 4.90 Å². The highest BCUT2D eigenvalue weighted by Crippen LogP contribution is 2.25. The molecule has 5 heteroatoms. The molecule has 3 rings (SSSR count). The molecular weight excluding hydrogens is 236 g/mol. The van der Waals surface area contributed by atoms with Crippen molar-refractivity contribution in [2.75, 3.05) is 23.9 Å². The minimum Gasteiger partial charge on any atom is -0.355 e. The summed E-state index contributed by atoms with van der Waals surface area (Å²) in [7, 11) is 0. The van der Waals surface area contributed by atoms with Gasteiger partial charge in [-0.3, -0.25) is 0 Å². The van der Waals surface area contributed by atoms with Crippen LogP contribution in [0.1, 0.15) is 12.8 Å². The Kier molecular flexibility index (Phi) is 2.89. The van der Waals surface area contributed by atoms with E-state index in [0.717, 1.165) is 43.1 Å². The zero-order chi connectivity index (χ0) is 11.7. The van der Waals surface area contributed by atoms with Gasteiger partial charge in [0, 0.05) is 31.4 Å². The first kappa shape index (κ1) is 10.8. The summed E-state index contributed by atoms with van der Waals surface area (Å²) in [5.41, 5.74) is 1.08. The van der Waals surface area contributed by atoms with E-state index in [4.69, 9.17) is 11.6 Å². The lowest BCUT2D eigenvalue weighted by Crippen LogP contribution is -2.35. The standard InChI is InChI=1S/C12H15ClN4/c13-9-10-2-6-16(7-3-10)12-11-1-4-15-17(11)8-5-14-12/h1,4-5,8,10H,2-3,6-7,9H2. The smallest absolute Gasteiger partial charge is 0.154 e. The van der Waals surface area contributed by atoms with E-state index in [1.54, 1.807) is 0 Å². The first-order valence-corrected chi connectivity index (χ1v) is 6.51. The molecule has 1 saturated heterocycles. The van der Waals surface area contributed by atoms with Crippen LogP contribution in [0.3, 0.4) is 0 Å². The van der Waals surface area contributed by atoms with Crippen LogP contribution in [0.2, 0.25) is 0 Å². The molecule has 0 amide bonds. The van der Waals surface area contributed by atoms with E-state index in [1.807, 2.05) is 29.2 Å². The van der Waals surface area contributed by atoms with Crippen molar-refractivity contribution in [1.29, 1.82) is 0 Å². The molecule has 1 aliphatic heterocycles. The van der Waals surface area contributed by atoms with E-state index in [1.165, 1.54) is 0 Å². The lowest BCUT2D eigenvalue weighted by atomic mass is 9.99. The van der Waals surface area contributed by atoms with E-state index in [0.29, 0.717) is 5.92 Å². The number of hydrogen-bond donors (Lipinski definition) is 0. The van der Waals surface area contributed by atoms with Gasteiger partial charge in [-0.25, -0.2) is 9.50 Å². The molecule has 0 unspecified atom stereocenters. The molecular formula is C12H15ClN4. The van der Waals surface area contributed by atoms with Crippen LogP contribution < -0.4 is 4.90 Å². The number of fused-ring (bicyclic) bond motifs is 1. The van der Waals surface area contributed by atoms with Gasteiger partial charge in [0.1, 0.15) is 5.52 Å². The Balaban J connectivity index is 1.87. The van der Waals surface area contributed by atoms with E-state index in [2.05, 4.69) is 15.0 Å². The predicted octanol–water partition coefficient (Wildman–Crippen LogP) is 2.18. The summed E-state index contributed by atoms with van der Waals surface area (Å²) in [6.45, 7) is 2.07. The third-order valence-electron chi connectivity index (χ3n) is 3.44. The molecule has 3 heterocycles. The Labute approximate surface area is 105 Å². The van der Waals surface area contributed by atoms with Crippen LogP contribution >= 0.6 is 11.6 Å². The summed E-state index contributed by atoms with van der Waals surface area (Å²) in [6, 6.07) is 2.01. The minimum absolute atomic E-state index is 0.664. The lowest BCUT2D eigenvalue weighted by Gasteiger charge is -2.32. The van der Waals surface area contributed by atoms with Crippen molar-refractivity contribution in [3.8, 4) is 0 Å². The van der Waals surface area contributed by atoms with Gasteiger partial charge in [0.15, 0.2) is 5.82 Å². The van der Waals surface area contributed by atoms with Gasteiger partial charge in [-0.05, 0) is 24.8 Å². The number of anilines is 1. The summed E-state index contributed by atoms with van der Waals surface area (Å²) in [4.78, 5) is 6.82. The summed E-state index contributed by atoms with van der Waals surface area (Å²) in [5.74, 6) is 2.48. The number of hydrogen-bond acceptors (Lipinski definition) is 3. The number of piperidine rings is 1. The molecule has 0 aromatic carbocycles. The number of halogens is 1. The molecule has 0 saturated carbocycles. The Morgan fingerprint density at radius 1 is 1.29 bits per heavy atom. The number of aromatic nitrogens is 3. The average molecular weight is 251 g/mol. The highest BCUT2D eigenvalue weighted by Gasteiger charge is 2.20. The molecule has 0 N–H and O–H groups in total. The number of rotatable bonds is 2. The fourth-order valence-corrected chi connectivity index (χ4v) is 2.69. The number of nitrogens with zero attached hydrogens (tertiary/aromatic N) is 4. The Morgan fingerprint density at radius 3 is 2.88 bits per heavy atom. The van der Waals surface area contributed by atoms with Crippen LogP contribution in [0.15, 0.2) is 24.7 Å². The van der Waals surface area contributed by atoms with Crippen LogP contribution in [-0.2, 0) is 0 Å². The molecule has 0 spiro atoms. The molecule has 1 aliphatic rings. The topological polar surface area (TPSA) is 33.4 Å². The van der Waals surface area contributed by atoms with Gasteiger partial charge in [0.05, 0.1) is 6.20 Å². The zero-order valence-corrected chi connectivity index (χ0v) is 10.3. The fourth-order valence-electron chi connectivity index (χ4n) is 2.39. The summed E-state index contributed by atoms with van der Waals surface area (Å²) < 4.78 is 1.87. The third kappa shape index (κ3) is 1.97.